The molecule has 1 heterocycles. The molecule has 1 aromatic heterocycles. The third kappa shape index (κ3) is 4.28. The molecule has 0 saturated heterocycles. The number of hydrogen-bond acceptors (Lipinski definition) is 7. The van der Waals surface area contributed by atoms with E-state index >= 15 is 0 Å². The smallest absolute Gasteiger partial charge is 0.275 e. The molecule has 2 aromatic rings. The van der Waals surface area contributed by atoms with Crippen molar-refractivity contribution < 1.29 is 19.0 Å². The van der Waals surface area contributed by atoms with Crippen molar-refractivity contribution in [2.24, 2.45) is 5.73 Å². The van der Waals surface area contributed by atoms with Crippen LogP contribution in [0.5, 0.6) is 17.2 Å². The van der Waals surface area contributed by atoms with Crippen molar-refractivity contribution in [3.63, 3.8) is 0 Å². The van der Waals surface area contributed by atoms with Crippen LogP contribution in [0.2, 0.25) is 0 Å². The van der Waals surface area contributed by atoms with E-state index in [9.17, 15) is 4.79 Å². The molecule has 0 spiro atoms. The summed E-state index contributed by atoms with van der Waals surface area (Å²) in [5.41, 5.74) is 6.31. The second-order valence-corrected chi connectivity index (χ2v) is 5.44. The third-order valence-electron chi connectivity index (χ3n) is 3.09. The Morgan fingerprint density at radius 3 is 2.50 bits per heavy atom. The largest absolute Gasteiger partial charge is 0.493 e. The van der Waals surface area contributed by atoms with Crippen LogP contribution in [0.4, 0.5) is 5.69 Å². The number of carbonyl (C=O) groups is 1. The number of benzene rings is 1. The standard InChI is InChI=1S/C15H19N3O4S.ClH/c1-20-11-5-4-9(13(21-2)14(11)22-3)18-15(19)10-8-23-12(17-10)6-7-16;/h4-5,8H,6-7,16H2,1-3H3,(H,18,19);1H. The Morgan fingerprint density at radius 1 is 1.21 bits per heavy atom. The van der Waals surface area contributed by atoms with Crippen LogP contribution in [0.1, 0.15) is 15.5 Å². The molecule has 0 unspecified atom stereocenters. The molecule has 0 aliphatic carbocycles. The van der Waals surface area contributed by atoms with Crippen LogP contribution in [0.25, 0.3) is 0 Å². The van der Waals surface area contributed by atoms with Gasteiger partial charge in [-0.1, -0.05) is 0 Å². The lowest BCUT2D eigenvalue weighted by Gasteiger charge is -2.15. The molecule has 7 nitrogen and oxygen atoms in total. The van der Waals surface area contributed by atoms with Crippen molar-refractivity contribution in [1.82, 2.24) is 4.98 Å². The number of amides is 1. The maximum atomic E-state index is 12.3. The fourth-order valence-corrected chi connectivity index (χ4v) is 2.83. The minimum atomic E-state index is -0.324. The highest BCUT2D eigenvalue weighted by Gasteiger charge is 2.19. The van der Waals surface area contributed by atoms with Crippen molar-refractivity contribution in [1.29, 1.82) is 0 Å². The molecule has 3 N–H and O–H groups in total. The minimum absolute atomic E-state index is 0. The first-order valence-corrected chi connectivity index (χ1v) is 7.77. The van der Waals surface area contributed by atoms with Gasteiger partial charge in [0.15, 0.2) is 11.5 Å². The molecule has 0 aliphatic rings. The van der Waals surface area contributed by atoms with Gasteiger partial charge in [-0.3, -0.25) is 4.79 Å². The summed E-state index contributed by atoms with van der Waals surface area (Å²) in [4.78, 5) is 16.6. The highest BCUT2D eigenvalue weighted by molar-refractivity contribution is 7.09. The van der Waals surface area contributed by atoms with Gasteiger partial charge in [-0.15, -0.1) is 23.7 Å². The summed E-state index contributed by atoms with van der Waals surface area (Å²) in [5, 5.41) is 5.31. The quantitative estimate of drug-likeness (QED) is 0.773. The maximum absolute atomic E-state index is 12.3. The lowest BCUT2D eigenvalue weighted by atomic mass is 10.2. The van der Waals surface area contributed by atoms with E-state index in [2.05, 4.69) is 10.3 Å². The highest BCUT2D eigenvalue weighted by Crippen LogP contribution is 2.42. The SMILES string of the molecule is COc1ccc(NC(=O)c2csc(CCN)n2)c(OC)c1OC.Cl. The average Bonchev–Trinajstić information content (AvgIpc) is 3.03. The van der Waals surface area contributed by atoms with Gasteiger partial charge in [0.05, 0.1) is 32.0 Å². The zero-order valence-electron chi connectivity index (χ0n) is 13.6. The number of methoxy groups -OCH3 is 3. The van der Waals surface area contributed by atoms with E-state index in [1.165, 1.54) is 32.7 Å². The number of rotatable bonds is 7. The van der Waals surface area contributed by atoms with Gasteiger partial charge in [0.2, 0.25) is 5.75 Å². The first-order chi connectivity index (χ1) is 11.1. The second-order valence-electron chi connectivity index (χ2n) is 4.50. The molecule has 0 bridgehead atoms. The zero-order valence-corrected chi connectivity index (χ0v) is 15.3. The molecule has 1 amide bonds. The van der Waals surface area contributed by atoms with Crippen molar-refractivity contribution in [3.05, 3.63) is 28.2 Å². The third-order valence-corrected chi connectivity index (χ3v) is 4.00. The zero-order chi connectivity index (χ0) is 16.8. The van der Waals surface area contributed by atoms with Gasteiger partial charge in [0.25, 0.3) is 5.91 Å². The number of nitrogens with one attached hydrogen (secondary N) is 1. The number of nitrogens with two attached hydrogens (primary N) is 1. The molecule has 1 aromatic carbocycles. The van der Waals surface area contributed by atoms with Crippen LogP contribution < -0.4 is 25.3 Å². The van der Waals surface area contributed by atoms with Crippen LogP contribution in [0, 0.1) is 0 Å². The fraction of sp³-hybridized carbons (Fsp3) is 0.333. The Labute approximate surface area is 150 Å². The number of hydrogen-bond donors (Lipinski definition) is 2. The topological polar surface area (TPSA) is 95.7 Å². The predicted molar refractivity (Wildman–Crippen MR) is 96.2 cm³/mol. The van der Waals surface area contributed by atoms with Crippen molar-refractivity contribution in [2.45, 2.75) is 6.42 Å². The molecule has 0 radical (unpaired) electrons. The predicted octanol–water partition coefficient (Wildman–Crippen LogP) is 2.34. The van der Waals surface area contributed by atoms with Crippen molar-refractivity contribution in [2.75, 3.05) is 33.2 Å². The number of halogens is 1. The van der Waals surface area contributed by atoms with Crippen LogP contribution in [0.3, 0.4) is 0 Å². The minimum Gasteiger partial charge on any atom is -0.493 e. The number of nitrogens with zero attached hydrogens (tertiary/aromatic N) is 1. The fourth-order valence-electron chi connectivity index (χ4n) is 2.04. The van der Waals surface area contributed by atoms with Crippen LogP contribution in [0.15, 0.2) is 17.5 Å². The summed E-state index contributed by atoms with van der Waals surface area (Å²) in [6.07, 6.45) is 0.650. The van der Waals surface area contributed by atoms with Crippen LogP contribution >= 0.6 is 23.7 Å². The number of anilines is 1. The second kappa shape index (κ2) is 9.31. The van der Waals surface area contributed by atoms with Gasteiger partial charge < -0.3 is 25.3 Å². The number of ether oxygens (including phenoxy) is 3. The Balaban J connectivity index is 0.00000288. The number of aromatic nitrogens is 1. The normalized spacial score (nSPS) is 9.83. The first kappa shape index (κ1) is 20.0. The Bertz CT molecular complexity index is 693. The van der Waals surface area contributed by atoms with Crippen LogP contribution in [-0.4, -0.2) is 38.8 Å². The van der Waals surface area contributed by atoms with Gasteiger partial charge in [0.1, 0.15) is 5.69 Å². The summed E-state index contributed by atoms with van der Waals surface area (Å²) >= 11 is 1.41. The summed E-state index contributed by atoms with van der Waals surface area (Å²) in [5.74, 6) is 0.990. The number of carbonyl (C=O) groups excluding carboxylic acids is 1. The molecule has 0 saturated carbocycles. The van der Waals surface area contributed by atoms with Gasteiger partial charge in [-0.2, -0.15) is 0 Å². The van der Waals surface area contributed by atoms with Gasteiger partial charge in [0, 0.05) is 11.8 Å². The van der Waals surface area contributed by atoms with E-state index in [4.69, 9.17) is 19.9 Å². The Hall–Kier alpha value is -2.03. The van der Waals surface area contributed by atoms with Gasteiger partial charge in [-0.05, 0) is 18.7 Å². The summed E-state index contributed by atoms with van der Waals surface area (Å²) in [7, 11) is 4.53. The molecule has 0 fully saturated rings. The van der Waals surface area contributed by atoms with Crippen LogP contribution in [-0.2, 0) is 6.42 Å². The highest BCUT2D eigenvalue weighted by atomic mass is 35.5. The van der Waals surface area contributed by atoms with Gasteiger partial charge in [-0.25, -0.2) is 4.98 Å². The van der Waals surface area contributed by atoms with E-state index < -0.39 is 0 Å². The monoisotopic (exact) mass is 373 g/mol. The molecule has 132 valence electrons. The molecular formula is C15H20ClN3O4S. The molecule has 24 heavy (non-hydrogen) atoms. The summed E-state index contributed by atoms with van der Waals surface area (Å²) in [6.45, 7) is 0.498. The van der Waals surface area contributed by atoms with E-state index in [1.54, 1.807) is 17.5 Å². The summed E-state index contributed by atoms with van der Waals surface area (Å²) < 4.78 is 15.8. The lowest BCUT2D eigenvalue weighted by Crippen LogP contribution is -2.14. The van der Waals surface area contributed by atoms with Crippen molar-refractivity contribution in [3.8, 4) is 17.2 Å². The van der Waals surface area contributed by atoms with Crippen molar-refractivity contribution >= 4 is 35.3 Å². The first-order valence-electron chi connectivity index (χ1n) is 6.89. The van der Waals surface area contributed by atoms with E-state index in [1.807, 2.05) is 0 Å². The van der Waals surface area contributed by atoms with E-state index in [0.29, 0.717) is 41.6 Å². The summed E-state index contributed by atoms with van der Waals surface area (Å²) in [6, 6.07) is 3.38. The maximum Gasteiger partial charge on any atom is 0.275 e. The molecular weight excluding hydrogens is 354 g/mol. The molecule has 9 heteroatoms. The molecule has 2 rings (SSSR count). The Morgan fingerprint density at radius 2 is 1.92 bits per heavy atom. The van der Waals surface area contributed by atoms with Gasteiger partial charge >= 0.3 is 0 Å². The molecule has 0 aliphatic heterocycles. The van der Waals surface area contributed by atoms with E-state index in [0.717, 1.165) is 5.01 Å². The lowest BCUT2D eigenvalue weighted by molar-refractivity contribution is 0.102. The number of thiazole rings is 1. The Kier molecular flexibility index (Phi) is 7.76. The average molecular weight is 374 g/mol. The van der Waals surface area contributed by atoms with E-state index in [-0.39, 0.29) is 18.3 Å². The molecule has 0 atom stereocenters.